The van der Waals surface area contributed by atoms with Crippen molar-refractivity contribution >= 4 is 31.8 Å². The summed E-state index contributed by atoms with van der Waals surface area (Å²) in [4.78, 5) is 41.1. The van der Waals surface area contributed by atoms with Crippen molar-refractivity contribution in [2.24, 2.45) is 0 Å². The zero-order valence-electron chi connectivity index (χ0n) is 20.0. The van der Waals surface area contributed by atoms with Gasteiger partial charge in [-0.2, -0.15) is 4.79 Å². The smallest absolute Gasteiger partial charge is 0.441 e. The molecule has 0 spiro atoms. The maximum absolute atomic E-state index is 13.4. The van der Waals surface area contributed by atoms with Crippen LogP contribution in [0.5, 0.6) is 5.75 Å². The minimum Gasteiger partial charge on any atom is -0.497 e. The van der Waals surface area contributed by atoms with Crippen LogP contribution < -0.4 is 4.74 Å². The SMILES string of the molecule is CCOC(=O)C(CC(=O)C(=[N+]=[N-])C(=O)OC)(O[Si](C)(C)C(C)(C)C)c1ccc(OC)cc1. The number of carbonyl (C=O) groups excluding carboxylic acids is 3. The quantitative estimate of drug-likeness (QED) is 0.130. The second-order valence-corrected chi connectivity index (χ2v) is 13.4. The molecule has 176 valence electrons. The van der Waals surface area contributed by atoms with Crippen LogP contribution in [-0.4, -0.2) is 57.4 Å². The van der Waals surface area contributed by atoms with Crippen LogP contribution in [0.15, 0.2) is 24.3 Å². The average molecular weight is 465 g/mol. The molecule has 0 amide bonds. The molecule has 0 radical (unpaired) electrons. The molecular weight excluding hydrogens is 432 g/mol. The van der Waals surface area contributed by atoms with Crippen molar-refractivity contribution in [1.82, 2.24) is 0 Å². The number of ether oxygens (including phenoxy) is 3. The fourth-order valence-electron chi connectivity index (χ4n) is 2.74. The predicted molar refractivity (Wildman–Crippen MR) is 120 cm³/mol. The Bertz CT molecular complexity index is 900. The lowest BCUT2D eigenvalue weighted by atomic mass is 9.87. The lowest BCUT2D eigenvalue weighted by molar-refractivity contribution is -0.166. The van der Waals surface area contributed by atoms with E-state index in [-0.39, 0.29) is 11.6 Å². The van der Waals surface area contributed by atoms with E-state index >= 15 is 0 Å². The summed E-state index contributed by atoms with van der Waals surface area (Å²) < 4.78 is 21.6. The Kier molecular flexibility index (Phi) is 9.08. The Hall–Kier alpha value is -2.81. The first-order valence-corrected chi connectivity index (χ1v) is 13.1. The zero-order chi connectivity index (χ0) is 24.7. The molecule has 1 aromatic rings. The number of Topliss-reactive ketones (excluding diaryl/α,β-unsaturated/α-hetero) is 1. The summed E-state index contributed by atoms with van der Waals surface area (Å²) in [5, 5.41) is -0.323. The highest BCUT2D eigenvalue weighted by molar-refractivity contribution is 6.74. The first kappa shape index (κ1) is 27.2. The number of hydrogen-bond donors (Lipinski definition) is 0. The summed E-state index contributed by atoms with van der Waals surface area (Å²) in [5.74, 6) is -2.30. The minimum atomic E-state index is -2.69. The van der Waals surface area contributed by atoms with Gasteiger partial charge in [0, 0.05) is 0 Å². The fourth-order valence-corrected chi connectivity index (χ4v) is 4.19. The Morgan fingerprint density at radius 1 is 1.06 bits per heavy atom. The molecule has 0 aliphatic carbocycles. The maximum Gasteiger partial charge on any atom is 0.441 e. The normalized spacial score (nSPS) is 13.4. The summed E-state index contributed by atoms with van der Waals surface area (Å²) in [5.41, 5.74) is 6.86. The summed E-state index contributed by atoms with van der Waals surface area (Å²) >= 11 is 0. The van der Waals surface area contributed by atoms with E-state index in [1.54, 1.807) is 31.2 Å². The van der Waals surface area contributed by atoms with Crippen molar-refractivity contribution in [2.45, 2.75) is 57.8 Å². The highest BCUT2D eigenvalue weighted by Crippen LogP contribution is 2.44. The van der Waals surface area contributed by atoms with Crippen LogP contribution in [0.2, 0.25) is 18.1 Å². The van der Waals surface area contributed by atoms with Crippen molar-refractivity contribution in [2.75, 3.05) is 20.8 Å². The standard InChI is InChI=1S/C22H32N2O7Si/c1-9-30-20(27)22(31-32(7,8)21(2,3)4,15-10-12-16(28-5)13-11-15)14-17(25)18(24-23)19(26)29-6/h10-13H,9,14H2,1-8H3. The van der Waals surface area contributed by atoms with Crippen LogP contribution in [0.4, 0.5) is 0 Å². The van der Waals surface area contributed by atoms with Crippen LogP contribution in [0.1, 0.15) is 39.7 Å². The van der Waals surface area contributed by atoms with Crippen LogP contribution in [0.25, 0.3) is 5.53 Å². The zero-order valence-corrected chi connectivity index (χ0v) is 21.0. The second kappa shape index (κ2) is 10.7. The van der Waals surface area contributed by atoms with E-state index < -0.39 is 43.8 Å². The third kappa shape index (κ3) is 5.91. The first-order valence-electron chi connectivity index (χ1n) is 10.1. The molecule has 0 aliphatic heterocycles. The van der Waals surface area contributed by atoms with E-state index in [1.807, 2.05) is 33.9 Å². The highest BCUT2D eigenvalue weighted by atomic mass is 28.4. The number of nitrogens with zero attached hydrogens (tertiary/aromatic N) is 2. The third-order valence-corrected chi connectivity index (χ3v) is 10.0. The van der Waals surface area contributed by atoms with E-state index in [1.165, 1.54) is 7.11 Å². The highest BCUT2D eigenvalue weighted by Gasteiger charge is 2.53. The van der Waals surface area contributed by atoms with Gasteiger partial charge in [0.2, 0.25) is 0 Å². The number of benzene rings is 1. The van der Waals surface area contributed by atoms with Crippen LogP contribution in [-0.2, 0) is 33.9 Å². The molecule has 0 fully saturated rings. The number of hydrogen-bond acceptors (Lipinski definition) is 7. The molecule has 1 rings (SSSR count). The molecule has 1 aromatic carbocycles. The Morgan fingerprint density at radius 2 is 1.62 bits per heavy atom. The van der Waals surface area contributed by atoms with Gasteiger partial charge < -0.3 is 24.2 Å². The van der Waals surface area contributed by atoms with Gasteiger partial charge in [-0.05, 0) is 42.8 Å². The van der Waals surface area contributed by atoms with Crippen molar-refractivity contribution in [3.05, 3.63) is 35.4 Å². The lowest BCUT2D eigenvalue weighted by Crippen LogP contribution is -2.54. The van der Waals surface area contributed by atoms with Gasteiger partial charge >= 0.3 is 17.7 Å². The number of esters is 2. The van der Waals surface area contributed by atoms with Crippen LogP contribution in [0.3, 0.4) is 0 Å². The number of rotatable bonds is 10. The summed E-state index contributed by atoms with van der Waals surface area (Å²) in [6, 6.07) is 6.46. The predicted octanol–water partition coefficient (Wildman–Crippen LogP) is 3.28. The van der Waals surface area contributed by atoms with Crippen LogP contribution >= 0.6 is 0 Å². The molecule has 0 aliphatic rings. The van der Waals surface area contributed by atoms with Gasteiger partial charge in [-0.15, -0.1) is 0 Å². The van der Waals surface area contributed by atoms with E-state index in [4.69, 9.17) is 13.9 Å². The maximum atomic E-state index is 13.4. The van der Waals surface area contributed by atoms with E-state index in [9.17, 15) is 19.9 Å². The Balaban J connectivity index is 3.78. The summed E-state index contributed by atoms with van der Waals surface area (Å²) in [6.07, 6.45) is -0.626. The van der Waals surface area contributed by atoms with Gasteiger partial charge in [0.1, 0.15) is 5.75 Å². The Labute approximate surface area is 189 Å². The fraction of sp³-hybridized carbons (Fsp3) is 0.545. The summed E-state index contributed by atoms with van der Waals surface area (Å²) in [7, 11) is -0.133. The van der Waals surface area contributed by atoms with Gasteiger partial charge in [-0.1, -0.05) is 32.9 Å². The molecular formula is C22H32N2O7Si. The van der Waals surface area contributed by atoms with Gasteiger partial charge in [0.15, 0.2) is 13.9 Å². The second-order valence-electron chi connectivity index (χ2n) is 8.68. The van der Waals surface area contributed by atoms with E-state index in [2.05, 4.69) is 9.53 Å². The molecule has 0 saturated heterocycles. The van der Waals surface area contributed by atoms with E-state index in [0.29, 0.717) is 11.3 Å². The lowest BCUT2D eigenvalue weighted by Gasteiger charge is -2.44. The monoisotopic (exact) mass is 464 g/mol. The molecule has 1 unspecified atom stereocenters. The molecule has 0 aromatic heterocycles. The number of carbonyl (C=O) groups is 3. The van der Waals surface area contributed by atoms with Crippen molar-refractivity contribution < 1.29 is 37.8 Å². The molecule has 32 heavy (non-hydrogen) atoms. The van der Waals surface area contributed by atoms with Crippen LogP contribution in [0, 0.1) is 0 Å². The third-order valence-electron chi connectivity index (χ3n) is 5.55. The van der Waals surface area contributed by atoms with Gasteiger partial charge in [0.05, 0.1) is 27.2 Å². The summed E-state index contributed by atoms with van der Waals surface area (Å²) in [6.45, 7) is 11.5. The number of methoxy groups -OCH3 is 2. The Morgan fingerprint density at radius 3 is 2.03 bits per heavy atom. The van der Waals surface area contributed by atoms with Crippen molar-refractivity contribution in [1.29, 1.82) is 0 Å². The minimum absolute atomic E-state index is 0.0454. The molecule has 1 atom stereocenters. The molecule has 0 bridgehead atoms. The van der Waals surface area contributed by atoms with Gasteiger partial charge in [-0.25, -0.2) is 9.59 Å². The molecule has 0 heterocycles. The first-order chi connectivity index (χ1) is 14.8. The average Bonchev–Trinajstić information content (AvgIpc) is 2.72. The molecule has 9 nitrogen and oxygen atoms in total. The van der Waals surface area contributed by atoms with Crippen molar-refractivity contribution in [3.8, 4) is 5.75 Å². The molecule has 0 N–H and O–H groups in total. The van der Waals surface area contributed by atoms with Crippen molar-refractivity contribution in [3.63, 3.8) is 0 Å². The van der Waals surface area contributed by atoms with Gasteiger partial charge in [-0.3, -0.25) is 4.79 Å². The van der Waals surface area contributed by atoms with E-state index in [0.717, 1.165) is 7.11 Å². The topological polar surface area (TPSA) is 125 Å². The van der Waals surface area contributed by atoms with Gasteiger partial charge in [0.25, 0.3) is 5.78 Å². The molecule has 0 saturated carbocycles. The number of ketones is 1. The molecule has 10 heteroatoms. The largest absolute Gasteiger partial charge is 0.497 e.